The van der Waals surface area contributed by atoms with Gasteiger partial charge in [0.1, 0.15) is 11.4 Å². The number of nitrogens with one attached hydrogen (secondary N) is 1. The van der Waals surface area contributed by atoms with Crippen molar-refractivity contribution in [3.05, 3.63) is 59.3 Å². The monoisotopic (exact) mass is 550 g/mol. The van der Waals surface area contributed by atoms with Gasteiger partial charge in [-0.05, 0) is 53.9 Å². The number of aromatic nitrogens is 6. The van der Waals surface area contributed by atoms with Crippen LogP contribution in [-0.4, -0.2) is 39.6 Å². The molecule has 206 valence electrons. The molecule has 0 saturated carbocycles. The van der Waals surface area contributed by atoms with Gasteiger partial charge in [0, 0.05) is 18.8 Å². The molecule has 0 bridgehead atoms. The van der Waals surface area contributed by atoms with Gasteiger partial charge in [-0.2, -0.15) is 22.9 Å². The number of alkyl halides is 3. The highest BCUT2D eigenvalue weighted by molar-refractivity contribution is 7.80. The van der Waals surface area contributed by atoms with Crippen molar-refractivity contribution in [3.63, 3.8) is 0 Å². The highest BCUT2D eigenvalue weighted by Crippen LogP contribution is 2.38. The molecule has 3 heterocycles. The number of H-pyrrole nitrogens is 1. The zero-order chi connectivity index (χ0) is 27.9. The first-order valence-corrected chi connectivity index (χ1v) is 13.6. The number of nitrogens with zero attached hydrogens (tertiary/aromatic N) is 5. The highest BCUT2D eigenvalue weighted by atomic mass is 32.2. The third-order valence-corrected chi connectivity index (χ3v) is 7.16. The van der Waals surface area contributed by atoms with Gasteiger partial charge in [-0.25, -0.2) is 13.9 Å². The average molecular weight is 551 g/mol. The molecule has 38 heavy (non-hydrogen) atoms. The Hall–Kier alpha value is -3.15. The van der Waals surface area contributed by atoms with Crippen LogP contribution >= 0.6 is 0 Å². The summed E-state index contributed by atoms with van der Waals surface area (Å²) >= 11 is -1.59. The van der Waals surface area contributed by atoms with E-state index in [2.05, 4.69) is 61.0 Å². The van der Waals surface area contributed by atoms with Gasteiger partial charge in [0.15, 0.2) is 11.5 Å². The van der Waals surface area contributed by atoms with Crippen LogP contribution in [0.5, 0.6) is 5.75 Å². The number of benzene rings is 1. The lowest BCUT2D eigenvalue weighted by Crippen LogP contribution is -2.25. The maximum absolute atomic E-state index is 13.5. The molecule has 1 N–H and O–H groups in total. The molecule has 1 unspecified atom stereocenters. The predicted molar refractivity (Wildman–Crippen MR) is 140 cm³/mol. The molecule has 4 aromatic rings. The van der Waals surface area contributed by atoms with Crippen molar-refractivity contribution < 1.29 is 21.6 Å². The van der Waals surface area contributed by atoms with Crippen molar-refractivity contribution in [1.82, 2.24) is 29.6 Å². The normalized spacial score (nSPS) is 13.8. The minimum absolute atomic E-state index is 0.0127. The summed E-state index contributed by atoms with van der Waals surface area (Å²) in [6.07, 6.45) is -0.105. The second kappa shape index (κ2) is 10.2. The van der Waals surface area contributed by atoms with E-state index in [0.717, 1.165) is 26.9 Å². The summed E-state index contributed by atoms with van der Waals surface area (Å²) in [5, 5.41) is 10.3. The number of hydrogen-bond acceptors (Lipinski definition) is 5. The fourth-order valence-electron chi connectivity index (χ4n) is 4.81. The molecule has 0 spiro atoms. The standard InChI is InChI=1S/C26H33F3N6O2S/c1-17-10-11-18(25(5,6)16-24(2,3)4)15-19(17)37-38(36)14-7-9-20-31-23-21(34-13-8-12-30-34)22(26(27,28)29)33-35(23)32-20/h8,10-13,15,33H,7,9,14,16H2,1-6H3. The van der Waals surface area contributed by atoms with E-state index in [1.807, 2.05) is 19.1 Å². The van der Waals surface area contributed by atoms with Gasteiger partial charge < -0.3 is 4.18 Å². The quantitative estimate of drug-likeness (QED) is 0.278. The van der Waals surface area contributed by atoms with Crippen molar-refractivity contribution in [1.29, 1.82) is 0 Å². The molecule has 1 aromatic carbocycles. The minimum atomic E-state index is -4.63. The van der Waals surface area contributed by atoms with E-state index in [-0.39, 0.29) is 27.9 Å². The SMILES string of the molecule is Cc1ccc(C(C)(C)CC(C)(C)C)cc1OS(=O)CCCc1nc2c(-n3cccn3)c(C(F)(F)F)[nH]n2n1. The third kappa shape index (κ3) is 6.28. The number of hydrogen-bond donors (Lipinski definition) is 1. The lowest BCUT2D eigenvalue weighted by Gasteiger charge is -2.33. The Balaban J connectivity index is 1.42. The minimum Gasteiger partial charge on any atom is -0.400 e. The summed E-state index contributed by atoms with van der Waals surface area (Å²) in [4.78, 5) is 4.29. The molecule has 0 saturated heterocycles. The van der Waals surface area contributed by atoms with Crippen molar-refractivity contribution in [2.75, 3.05) is 5.75 Å². The Bertz CT molecular complexity index is 1430. The number of rotatable bonds is 9. The molecule has 0 fully saturated rings. The smallest absolute Gasteiger partial charge is 0.400 e. The first kappa shape index (κ1) is 27.9. The summed E-state index contributed by atoms with van der Waals surface area (Å²) in [7, 11) is 0. The molecule has 0 aliphatic heterocycles. The number of halogens is 3. The van der Waals surface area contributed by atoms with E-state index >= 15 is 0 Å². The molecule has 1 atom stereocenters. The highest BCUT2D eigenvalue weighted by Gasteiger charge is 2.39. The van der Waals surface area contributed by atoms with Crippen LogP contribution < -0.4 is 4.18 Å². The van der Waals surface area contributed by atoms with Gasteiger partial charge in [0.05, 0.1) is 5.75 Å². The van der Waals surface area contributed by atoms with Crippen molar-refractivity contribution >= 4 is 16.7 Å². The van der Waals surface area contributed by atoms with Crippen LogP contribution in [0.4, 0.5) is 13.2 Å². The largest absolute Gasteiger partial charge is 0.435 e. The zero-order valence-corrected chi connectivity index (χ0v) is 23.2. The summed E-state index contributed by atoms with van der Waals surface area (Å²) in [6.45, 7) is 12.9. The van der Waals surface area contributed by atoms with Crippen molar-refractivity contribution in [3.8, 4) is 11.4 Å². The molecular formula is C26H33F3N6O2S. The van der Waals surface area contributed by atoms with Gasteiger partial charge in [-0.1, -0.05) is 46.8 Å². The van der Waals surface area contributed by atoms with Crippen molar-refractivity contribution in [2.24, 2.45) is 5.41 Å². The van der Waals surface area contributed by atoms with Crippen LogP contribution in [0.25, 0.3) is 11.3 Å². The van der Waals surface area contributed by atoms with E-state index in [1.54, 1.807) is 0 Å². The van der Waals surface area contributed by atoms with Gasteiger partial charge in [0.2, 0.25) is 16.7 Å². The summed E-state index contributed by atoms with van der Waals surface area (Å²) in [5.41, 5.74) is 0.886. The molecule has 0 amide bonds. The molecule has 3 aromatic heterocycles. The lowest BCUT2D eigenvalue weighted by molar-refractivity contribution is -0.141. The number of fused-ring (bicyclic) bond motifs is 1. The van der Waals surface area contributed by atoms with E-state index < -0.39 is 23.0 Å². The molecule has 0 radical (unpaired) electrons. The average Bonchev–Trinajstić information content (AvgIpc) is 3.49. The van der Waals surface area contributed by atoms with Gasteiger partial charge in [0.25, 0.3) is 0 Å². The van der Waals surface area contributed by atoms with Gasteiger partial charge >= 0.3 is 6.18 Å². The lowest BCUT2D eigenvalue weighted by atomic mass is 9.72. The summed E-state index contributed by atoms with van der Waals surface area (Å²) in [5.74, 6) is 1.14. The second-order valence-corrected chi connectivity index (χ2v) is 12.5. The molecular weight excluding hydrogens is 517 g/mol. The maximum Gasteiger partial charge on any atom is 0.435 e. The summed E-state index contributed by atoms with van der Waals surface area (Å²) in [6, 6.07) is 7.56. The fourth-order valence-corrected chi connectivity index (χ4v) is 5.65. The number of aromatic amines is 1. The Morgan fingerprint density at radius 1 is 1.13 bits per heavy atom. The van der Waals surface area contributed by atoms with Crippen LogP contribution in [0.1, 0.15) is 70.1 Å². The Kier molecular flexibility index (Phi) is 7.48. The van der Waals surface area contributed by atoms with E-state index in [9.17, 15) is 17.4 Å². The van der Waals surface area contributed by atoms with Crippen LogP contribution in [0, 0.1) is 12.3 Å². The predicted octanol–water partition coefficient (Wildman–Crippen LogP) is 5.96. The van der Waals surface area contributed by atoms with Crippen LogP contribution in [-0.2, 0) is 29.1 Å². The first-order chi connectivity index (χ1) is 17.6. The summed E-state index contributed by atoms with van der Waals surface area (Å²) < 4.78 is 61.2. The van der Waals surface area contributed by atoms with Crippen molar-refractivity contribution in [2.45, 2.75) is 72.4 Å². The molecule has 12 heteroatoms. The maximum atomic E-state index is 13.5. The number of aryl methyl sites for hydroxylation is 2. The van der Waals surface area contributed by atoms with Crippen LogP contribution in [0.2, 0.25) is 0 Å². The molecule has 4 rings (SSSR count). The van der Waals surface area contributed by atoms with E-state index in [1.165, 1.54) is 18.5 Å². The van der Waals surface area contributed by atoms with E-state index in [4.69, 9.17) is 4.18 Å². The first-order valence-electron chi connectivity index (χ1n) is 12.4. The van der Waals surface area contributed by atoms with Crippen LogP contribution in [0.15, 0.2) is 36.7 Å². The van der Waals surface area contributed by atoms with Crippen LogP contribution in [0.3, 0.4) is 0 Å². The Morgan fingerprint density at radius 3 is 2.50 bits per heavy atom. The molecule has 8 nitrogen and oxygen atoms in total. The molecule has 0 aliphatic rings. The second-order valence-electron chi connectivity index (χ2n) is 11.3. The fraction of sp³-hybridized carbons (Fsp3) is 0.500. The Labute approximate surface area is 222 Å². The third-order valence-electron chi connectivity index (χ3n) is 6.17. The van der Waals surface area contributed by atoms with Gasteiger partial charge in [-0.15, -0.1) is 5.10 Å². The van der Waals surface area contributed by atoms with Gasteiger partial charge in [-0.3, -0.25) is 5.10 Å². The topological polar surface area (TPSA) is 90.1 Å². The molecule has 0 aliphatic carbocycles. The zero-order valence-electron chi connectivity index (χ0n) is 22.4. The Morgan fingerprint density at radius 2 is 1.87 bits per heavy atom. The van der Waals surface area contributed by atoms with E-state index in [0.29, 0.717) is 24.4 Å².